The molecule has 5 fully saturated rings. The van der Waals surface area contributed by atoms with Crippen molar-refractivity contribution in [3.8, 4) is 5.75 Å². The quantitative estimate of drug-likeness (QED) is 0.654. The van der Waals surface area contributed by atoms with Gasteiger partial charge in [0.1, 0.15) is 5.75 Å². The highest BCUT2D eigenvalue weighted by Gasteiger charge is 2.51. The van der Waals surface area contributed by atoms with E-state index < -0.39 is 0 Å². The number of imide groups is 1. The lowest BCUT2D eigenvalue weighted by Gasteiger charge is -2.57. The van der Waals surface area contributed by atoms with Crippen LogP contribution in [-0.2, 0) is 10.2 Å². The first kappa shape index (κ1) is 18.3. The van der Waals surface area contributed by atoms with Gasteiger partial charge in [-0.2, -0.15) is 0 Å². The maximum Gasteiger partial charge on any atom is 0.293 e. The van der Waals surface area contributed by atoms with E-state index in [4.69, 9.17) is 4.74 Å². The van der Waals surface area contributed by atoms with Gasteiger partial charge >= 0.3 is 0 Å². The molecule has 6 rings (SSSR count). The largest absolute Gasteiger partial charge is 0.496 e. The summed E-state index contributed by atoms with van der Waals surface area (Å²) in [5.41, 5.74) is 2.61. The van der Waals surface area contributed by atoms with Crippen molar-refractivity contribution in [2.45, 2.75) is 50.9 Å². The normalized spacial score (nSPS) is 35.3. The molecule has 4 bridgehead atoms. The van der Waals surface area contributed by atoms with Crippen molar-refractivity contribution in [2.24, 2.45) is 17.8 Å². The first-order valence-electron chi connectivity index (χ1n) is 10.4. The number of nitrogens with zero attached hydrogens (tertiary/aromatic N) is 1. The van der Waals surface area contributed by atoms with Crippen molar-refractivity contribution in [1.29, 1.82) is 0 Å². The number of hydrogen-bond donors (Lipinski definition) is 0. The van der Waals surface area contributed by atoms with E-state index >= 15 is 0 Å². The molecule has 148 valence electrons. The van der Waals surface area contributed by atoms with E-state index in [1.807, 2.05) is 19.1 Å². The Kier molecular flexibility index (Phi) is 4.34. The van der Waals surface area contributed by atoms with Gasteiger partial charge in [-0.15, -0.1) is 0 Å². The Morgan fingerprint density at radius 1 is 1.14 bits per heavy atom. The van der Waals surface area contributed by atoms with Crippen LogP contribution in [0, 0.1) is 17.8 Å². The molecule has 0 atom stereocenters. The van der Waals surface area contributed by atoms with Gasteiger partial charge in [-0.3, -0.25) is 14.5 Å². The lowest BCUT2D eigenvalue weighted by molar-refractivity contribution is -0.122. The third-order valence-electron chi connectivity index (χ3n) is 7.36. The highest BCUT2D eigenvalue weighted by molar-refractivity contribution is 8.18. The van der Waals surface area contributed by atoms with Crippen LogP contribution in [0.5, 0.6) is 5.75 Å². The Morgan fingerprint density at radius 3 is 2.32 bits per heavy atom. The van der Waals surface area contributed by atoms with Crippen LogP contribution in [-0.4, -0.2) is 29.7 Å². The molecule has 28 heavy (non-hydrogen) atoms. The van der Waals surface area contributed by atoms with Gasteiger partial charge in [0, 0.05) is 12.1 Å². The summed E-state index contributed by atoms with van der Waals surface area (Å²) in [5.74, 6) is 3.23. The van der Waals surface area contributed by atoms with Crippen LogP contribution in [0.1, 0.15) is 56.6 Å². The molecule has 0 N–H and O–H groups in total. The number of methoxy groups -OCH3 is 1. The summed E-state index contributed by atoms with van der Waals surface area (Å²) >= 11 is 1.03. The van der Waals surface area contributed by atoms with Crippen LogP contribution in [0.2, 0.25) is 0 Å². The Morgan fingerprint density at radius 2 is 1.79 bits per heavy atom. The van der Waals surface area contributed by atoms with Crippen LogP contribution >= 0.6 is 11.8 Å². The fraction of sp³-hybridized carbons (Fsp3) is 0.565. The van der Waals surface area contributed by atoms with E-state index in [9.17, 15) is 9.59 Å². The van der Waals surface area contributed by atoms with E-state index in [1.165, 1.54) is 49.0 Å². The zero-order valence-corrected chi connectivity index (χ0v) is 17.4. The topological polar surface area (TPSA) is 46.6 Å². The Balaban J connectivity index is 1.52. The number of hydrogen-bond acceptors (Lipinski definition) is 4. The molecule has 0 aromatic heterocycles. The van der Waals surface area contributed by atoms with E-state index in [0.717, 1.165) is 40.8 Å². The number of thioether (sulfide) groups is 1. The maximum absolute atomic E-state index is 12.5. The third kappa shape index (κ3) is 2.81. The van der Waals surface area contributed by atoms with E-state index in [-0.39, 0.29) is 11.1 Å². The van der Waals surface area contributed by atoms with E-state index in [0.29, 0.717) is 16.9 Å². The molecular weight excluding hydrogens is 370 g/mol. The second kappa shape index (κ2) is 6.65. The Hall–Kier alpha value is -1.75. The smallest absolute Gasteiger partial charge is 0.293 e. The Labute approximate surface area is 170 Å². The second-order valence-corrected chi connectivity index (χ2v) is 10.1. The summed E-state index contributed by atoms with van der Waals surface area (Å²) < 4.78 is 5.58. The van der Waals surface area contributed by atoms with Crippen molar-refractivity contribution in [1.82, 2.24) is 4.90 Å². The monoisotopic (exact) mass is 397 g/mol. The molecule has 1 aliphatic heterocycles. The van der Waals surface area contributed by atoms with Gasteiger partial charge in [0.15, 0.2) is 0 Å². The summed E-state index contributed by atoms with van der Waals surface area (Å²) in [5, 5.41) is -0.185. The van der Waals surface area contributed by atoms with Crippen molar-refractivity contribution in [3.63, 3.8) is 0 Å². The van der Waals surface area contributed by atoms with Crippen molar-refractivity contribution in [2.75, 3.05) is 13.7 Å². The molecule has 0 radical (unpaired) electrons. The van der Waals surface area contributed by atoms with Crippen LogP contribution in [0.4, 0.5) is 4.79 Å². The highest BCUT2D eigenvalue weighted by Crippen LogP contribution is 2.61. The molecule has 1 heterocycles. The maximum atomic E-state index is 12.5. The molecule has 0 unspecified atom stereocenters. The van der Waals surface area contributed by atoms with Gasteiger partial charge < -0.3 is 4.74 Å². The SMILES string of the molecule is CCN1C(=O)S/C(=C/c2cc(C34CC5CC(CC(C5)C3)C4)ccc2OC)C1=O. The predicted molar refractivity (Wildman–Crippen MR) is 111 cm³/mol. The third-order valence-corrected chi connectivity index (χ3v) is 8.26. The fourth-order valence-electron chi connectivity index (χ4n) is 6.56. The zero-order chi connectivity index (χ0) is 19.5. The average molecular weight is 398 g/mol. The highest BCUT2D eigenvalue weighted by atomic mass is 32.2. The summed E-state index contributed by atoms with van der Waals surface area (Å²) in [7, 11) is 1.66. The molecule has 5 aliphatic rings. The lowest BCUT2D eigenvalue weighted by Crippen LogP contribution is -2.48. The van der Waals surface area contributed by atoms with Crippen LogP contribution in [0.3, 0.4) is 0 Å². The first-order chi connectivity index (χ1) is 13.5. The molecule has 4 aliphatic carbocycles. The minimum Gasteiger partial charge on any atom is -0.496 e. The number of ether oxygens (including phenoxy) is 1. The molecule has 4 nitrogen and oxygen atoms in total. The molecular formula is C23H27NO3S. The molecule has 1 aromatic carbocycles. The first-order valence-corrected chi connectivity index (χ1v) is 11.3. The van der Waals surface area contributed by atoms with Gasteiger partial charge in [0.2, 0.25) is 0 Å². The van der Waals surface area contributed by atoms with Gasteiger partial charge in [0.25, 0.3) is 11.1 Å². The number of carbonyl (C=O) groups is 2. The fourth-order valence-corrected chi connectivity index (χ4v) is 7.45. The second-order valence-electron chi connectivity index (χ2n) is 9.08. The molecule has 4 saturated carbocycles. The van der Waals surface area contributed by atoms with Crippen molar-refractivity contribution in [3.05, 3.63) is 34.2 Å². The van der Waals surface area contributed by atoms with Crippen LogP contribution < -0.4 is 4.74 Å². The minimum atomic E-state index is -0.195. The number of benzene rings is 1. The lowest BCUT2D eigenvalue weighted by atomic mass is 9.48. The molecule has 1 aromatic rings. The molecule has 0 spiro atoms. The molecule has 1 saturated heterocycles. The number of amides is 2. The predicted octanol–water partition coefficient (Wildman–Crippen LogP) is 5.22. The standard InChI is InChI=1S/C23H27NO3S/c1-3-24-21(25)20(28-22(24)26)10-17-9-18(4-5-19(17)27-2)23-11-14-6-15(12-23)8-16(7-14)13-23/h4-5,9-10,14-16H,3,6-8,11-13H2,1-2H3/b20-10+. The van der Waals surface area contributed by atoms with Crippen molar-refractivity contribution >= 4 is 29.0 Å². The van der Waals surface area contributed by atoms with Gasteiger partial charge in [-0.05, 0) is 104 Å². The number of likely N-dealkylation sites (N-methyl/N-ethyl adjacent to an activating group) is 1. The van der Waals surface area contributed by atoms with Gasteiger partial charge in [0.05, 0.1) is 12.0 Å². The Bertz CT molecular complexity index is 839. The van der Waals surface area contributed by atoms with Crippen LogP contribution in [0.15, 0.2) is 23.1 Å². The van der Waals surface area contributed by atoms with Gasteiger partial charge in [-0.1, -0.05) is 6.07 Å². The summed E-state index contributed by atoms with van der Waals surface area (Å²) in [4.78, 5) is 26.4. The van der Waals surface area contributed by atoms with E-state index in [2.05, 4.69) is 12.1 Å². The number of carbonyl (C=O) groups excluding carboxylic acids is 2. The minimum absolute atomic E-state index is 0.185. The van der Waals surface area contributed by atoms with E-state index in [1.54, 1.807) is 7.11 Å². The molecule has 5 heteroatoms. The zero-order valence-electron chi connectivity index (χ0n) is 16.6. The molecule has 2 amide bonds. The van der Waals surface area contributed by atoms with Crippen LogP contribution in [0.25, 0.3) is 6.08 Å². The summed E-state index contributed by atoms with van der Waals surface area (Å²) in [6.07, 6.45) is 10.0. The van der Waals surface area contributed by atoms with Crippen molar-refractivity contribution < 1.29 is 14.3 Å². The summed E-state index contributed by atoms with van der Waals surface area (Å²) in [6.45, 7) is 2.24. The van der Waals surface area contributed by atoms with Gasteiger partial charge in [-0.25, -0.2) is 0 Å². The summed E-state index contributed by atoms with van der Waals surface area (Å²) in [6, 6.07) is 6.51. The average Bonchev–Trinajstić information content (AvgIpc) is 2.93. The number of rotatable bonds is 4.